The first-order chi connectivity index (χ1) is 10.2. The summed E-state index contributed by atoms with van der Waals surface area (Å²) in [6.07, 6.45) is 3.94. The molecule has 1 aliphatic rings. The van der Waals surface area contributed by atoms with Gasteiger partial charge in [-0.2, -0.15) is 0 Å². The SMILES string of the molecule is CNC1CCCN(c2ccnc3c([N+](=O)[O-])cccc23)C1. The highest BCUT2D eigenvalue weighted by Gasteiger charge is 2.22. The molecule has 1 aromatic heterocycles. The lowest BCUT2D eigenvalue weighted by atomic mass is 10.0. The molecule has 2 heterocycles. The minimum atomic E-state index is -0.369. The van der Waals surface area contributed by atoms with Crippen LogP contribution in [0, 0.1) is 10.1 Å². The average molecular weight is 286 g/mol. The van der Waals surface area contributed by atoms with Crippen LogP contribution < -0.4 is 10.2 Å². The van der Waals surface area contributed by atoms with Gasteiger partial charge in [0.2, 0.25) is 0 Å². The predicted molar refractivity (Wildman–Crippen MR) is 82.7 cm³/mol. The van der Waals surface area contributed by atoms with Crippen LogP contribution in [0.2, 0.25) is 0 Å². The largest absolute Gasteiger partial charge is 0.369 e. The maximum absolute atomic E-state index is 11.1. The van der Waals surface area contributed by atoms with Gasteiger partial charge in [-0.15, -0.1) is 0 Å². The van der Waals surface area contributed by atoms with Gasteiger partial charge in [-0.05, 0) is 26.0 Å². The molecule has 6 nitrogen and oxygen atoms in total. The van der Waals surface area contributed by atoms with E-state index >= 15 is 0 Å². The molecule has 110 valence electrons. The van der Waals surface area contributed by atoms with Gasteiger partial charge >= 0.3 is 0 Å². The normalized spacial score (nSPS) is 18.9. The summed E-state index contributed by atoms with van der Waals surface area (Å²) in [5.41, 5.74) is 1.56. The van der Waals surface area contributed by atoms with Crippen LogP contribution in [0.1, 0.15) is 12.8 Å². The summed E-state index contributed by atoms with van der Waals surface area (Å²) in [6.45, 7) is 1.89. The number of hydrogen-bond donors (Lipinski definition) is 1. The number of pyridine rings is 1. The number of para-hydroxylation sites is 1. The summed E-state index contributed by atoms with van der Waals surface area (Å²) in [7, 11) is 1.98. The fourth-order valence-electron chi connectivity index (χ4n) is 3.00. The van der Waals surface area contributed by atoms with Crippen LogP contribution in [0.5, 0.6) is 0 Å². The smallest absolute Gasteiger partial charge is 0.295 e. The number of rotatable bonds is 3. The zero-order chi connectivity index (χ0) is 14.8. The van der Waals surface area contributed by atoms with Crippen LogP contribution in [-0.4, -0.2) is 36.1 Å². The van der Waals surface area contributed by atoms with Gasteiger partial charge in [0, 0.05) is 42.5 Å². The third-order valence-electron chi connectivity index (χ3n) is 4.09. The highest BCUT2D eigenvalue weighted by atomic mass is 16.6. The minimum absolute atomic E-state index is 0.0662. The second-order valence-electron chi connectivity index (χ2n) is 5.33. The summed E-state index contributed by atoms with van der Waals surface area (Å²) < 4.78 is 0. The number of benzene rings is 1. The second-order valence-corrected chi connectivity index (χ2v) is 5.33. The summed E-state index contributed by atoms with van der Waals surface area (Å²) in [4.78, 5) is 17.3. The molecule has 0 aliphatic carbocycles. The number of nitro groups is 1. The van der Waals surface area contributed by atoms with E-state index in [1.54, 1.807) is 12.3 Å². The number of non-ortho nitro benzene ring substituents is 1. The van der Waals surface area contributed by atoms with Crippen LogP contribution in [0.4, 0.5) is 11.4 Å². The van der Waals surface area contributed by atoms with Crippen LogP contribution in [0.3, 0.4) is 0 Å². The van der Waals surface area contributed by atoms with E-state index in [9.17, 15) is 10.1 Å². The lowest BCUT2D eigenvalue weighted by Crippen LogP contribution is -2.44. The number of nitrogens with one attached hydrogen (secondary N) is 1. The Morgan fingerprint density at radius 2 is 2.29 bits per heavy atom. The van der Waals surface area contributed by atoms with E-state index in [2.05, 4.69) is 15.2 Å². The van der Waals surface area contributed by atoms with E-state index in [1.807, 2.05) is 19.2 Å². The summed E-state index contributed by atoms with van der Waals surface area (Å²) in [6, 6.07) is 7.55. The van der Waals surface area contributed by atoms with E-state index in [0.29, 0.717) is 11.6 Å². The number of hydrogen-bond acceptors (Lipinski definition) is 5. The van der Waals surface area contributed by atoms with Gasteiger partial charge in [0.05, 0.1) is 4.92 Å². The van der Waals surface area contributed by atoms with E-state index in [0.717, 1.165) is 37.0 Å². The number of fused-ring (bicyclic) bond motifs is 1. The summed E-state index contributed by atoms with van der Waals surface area (Å²) >= 11 is 0. The van der Waals surface area contributed by atoms with Gasteiger partial charge in [0.1, 0.15) is 5.52 Å². The first kappa shape index (κ1) is 13.8. The molecule has 0 saturated carbocycles. The van der Waals surface area contributed by atoms with Gasteiger partial charge in [0.15, 0.2) is 0 Å². The van der Waals surface area contributed by atoms with Crippen molar-refractivity contribution in [2.75, 3.05) is 25.0 Å². The molecule has 1 saturated heterocycles. The Balaban J connectivity index is 2.07. The first-order valence-corrected chi connectivity index (χ1v) is 7.15. The molecule has 1 fully saturated rings. The number of nitro benzene ring substituents is 1. The zero-order valence-electron chi connectivity index (χ0n) is 12.0. The predicted octanol–water partition coefficient (Wildman–Crippen LogP) is 2.33. The van der Waals surface area contributed by atoms with Crippen molar-refractivity contribution in [1.29, 1.82) is 0 Å². The van der Waals surface area contributed by atoms with Gasteiger partial charge in [-0.25, -0.2) is 4.98 Å². The molecule has 1 aliphatic heterocycles. The molecule has 3 rings (SSSR count). The highest BCUT2D eigenvalue weighted by Crippen LogP contribution is 2.32. The molecule has 6 heteroatoms. The lowest BCUT2D eigenvalue weighted by Gasteiger charge is -2.34. The van der Waals surface area contributed by atoms with Crippen molar-refractivity contribution >= 4 is 22.3 Å². The van der Waals surface area contributed by atoms with Crippen molar-refractivity contribution in [3.63, 3.8) is 0 Å². The number of likely N-dealkylation sites (N-methyl/N-ethyl adjacent to an activating group) is 1. The summed E-state index contributed by atoms with van der Waals surface area (Å²) in [5, 5.41) is 15.3. The number of nitrogens with zero attached hydrogens (tertiary/aromatic N) is 3. The molecule has 0 amide bonds. The van der Waals surface area contributed by atoms with E-state index in [-0.39, 0.29) is 10.6 Å². The van der Waals surface area contributed by atoms with Crippen molar-refractivity contribution in [2.24, 2.45) is 0 Å². The van der Waals surface area contributed by atoms with Crippen LogP contribution >= 0.6 is 0 Å². The van der Waals surface area contributed by atoms with E-state index in [4.69, 9.17) is 0 Å². The Bertz CT molecular complexity index is 674. The van der Waals surface area contributed by atoms with Crippen LogP contribution in [-0.2, 0) is 0 Å². The summed E-state index contributed by atoms with van der Waals surface area (Å²) in [5.74, 6) is 0. The number of piperidine rings is 1. The maximum Gasteiger partial charge on any atom is 0.295 e. The molecule has 0 bridgehead atoms. The van der Waals surface area contributed by atoms with Crippen molar-refractivity contribution in [3.8, 4) is 0 Å². The fraction of sp³-hybridized carbons (Fsp3) is 0.400. The average Bonchev–Trinajstić information content (AvgIpc) is 2.53. The Kier molecular flexibility index (Phi) is 3.70. The molecule has 0 radical (unpaired) electrons. The molecular formula is C15H18N4O2. The molecule has 1 unspecified atom stereocenters. The highest BCUT2D eigenvalue weighted by molar-refractivity contribution is 5.96. The minimum Gasteiger partial charge on any atom is -0.369 e. The lowest BCUT2D eigenvalue weighted by molar-refractivity contribution is -0.383. The maximum atomic E-state index is 11.1. The number of anilines is 1. The monoisotopic (exact) mass is 286 g/mol. The third-order valence-corrected chi connectivity index (χ3v) is 4.09. The van der Waals surface area contributed by atoms with Crippen molar-refractivity contribution in [3.05, 3.63) is 40.6 Å². The standard InChI is InChI=1S/C15H18N4O2/c1-16-11-4-3-9-18(10-11)13-7-8-17-15-12(13)5-2-6-14(15)19(20)21/h2,5-8,11,16H,3-4,9-10H2,1H3. The van der Waals surface area contributed by atoms with Crippen molar-refractivity contribution in [1.82, 2.24) is 10.3 Å². The molecule has 1 N–H and O–H groups in total. The zero-order valence-corrected chi connectivity index (χ0v) is 12.0. The third kappa shape index (κ3) is 2.54. The van der Waals surface area contributed by atoms with Gasteiger partial charge in [-0.1, -0.05) is 12.1 Å². The first-order valence-electron chi connectivity index (χ1n) is 7.15. The topological polar surface area (TPSA) is 71.3 Å². The molecule has 1 aromatic carbocycles. The van der Waals surface area contributed by atoms with Crippen molar-refractivity contribution in [2.45, 2.75) is 18.9 Å². The van der Waals surface area contributed by atoms with Gasteiger partial charge < -0.3 is 10.2 Å². The quantitative estimate of drug-likeness (QED) is 0.692. The Hall–Kier alpha value is -2.21. The molecular weight excluding hydrogens is 268 g/mol. The number of aromatic nitrogens is 1. The molecule has 0 spiro atoms. The fourth-order valence-corrected chi connectivity index (χ4v) is 3.00. The molecule has 21 heavy (non-hydrogen) atoms. The van der Waals surface area contributed by atoms with Crippen molar-refractivity contribution < 1.29 is 4.92 Å². The molecule has 1 atom stereocenters. The Morgan fingerprint density at radius 1 is 1.43 bits per heavy atom. The van der Waals surface area contributed by atoms with E-state index in [1.165, 1.54) is 6.07 Å². The van der Waals surface area contributed by atoms with Gasteiger partial charge in [-0.3, -0.25) is 10.1 Å². The van der Waals surface area contributed by atoms with Crippen LogP contribution in [0.15, 0.2) is 30.5 Å². The van der Waals surface area contributed by atoms with E-state index < -0.39 is 0 Å². The Morgan fingerprint density at radius 3 is 3.05 bits per heavy atom. The Labute approximate surface area is 122 Å². The molecule has 2 aromatic rings. The van der Waals surface area contributed by atoms with Crippen LogP contribution in [0.25, 0.3) is 10.9 Å². The van der Waals surface area contributed by atoms with Gasteiger partial charge in [0.25, 0.3) is 5.69 Å². The second kappa shape index (κ2) is 5.65.